The molecule has 6 heteroatoms. The van der Waals surface area contributed by atoms with E-state index < -0.39 is 0 Å². The normalized spacial score (nSPS) is 13.2. The van der Waals surface area contributed by atoms with E-state index in [9.17, 15) is 4.79 Å². The maximum atomic E-state index is 13.3. The van der Waals surface area contributed by atoms with Crippen LogP contribution >= 0.6 is 0 Å². The number of hydrogen-bond donors (Lipinski definition) is 0. The minimum absolute atomic E-state index is 0.0665. The number of rotatable bonds is 5. The summed E-state index contributed by atoms with van der Waals surface area (Å²) in [5.74, 6) is 1.84. The Morgan fingerprint density at radius 2 is 1.81 bits per heavy atom. The quantitative estimate of drug-likeness (QED) is 0.604. The van der Waals surface area contributed by atoms with Crippen molar-refractivity contribution in [2.45, 2.75) is 32.7 Å². The molecule has 1 amide bonds. The second kappa shape index (κ2) is 8.84. The van der Waals surface area contributed by atoms with Gasteiger partial charge < -0.3 is 14.4 Å². The first-order valence-corrected chi connectivity index (χ1v) is 10.7. The van der Waals surface area contributed by atoms with Crippen LogP contribution in [0.5, 0.6) is 11.5 Å². The zero-order valence-corrected chi connectivity index (χ0v) is 18.6. The van der Waals surface area contributed by atoms with Crippen LogP contribution in [-0.4, -0.2) is 40.8 Å². The molecule has 31 heavy (non-hydrogen) atoms. The van der Waals surface area contributed by atoms with E-state index in [0.29, 0.717) is 42.7 Å². The summed E-state index contributed by atoms with van der Waals surface area (Å²) in [6, 6.07) is 14.2. The molecule has 0 radical (unpaired) electrons. The number of aryl methyl sites for hydroxylation is 1. The number of hydrogen-bond acceptors (Lipinski definition) is 4. The summed E-state index contributed by atoms with van der Waals surface area (Å²) in [5, 5.41) is 4.57. The average Bonchev–Trinajstić information content (AvgIpc) is 3.00. The Morgan fingerprint density at radius 3 is 2.52 bits per heavy atom. The van der Waals surface area contributed by atoms with E-state index in [1.54, 1.807) is 15.8 Å². The molecule has 0 aliphatic carbocycles. The number of aromatic nitrogens is 2. The van der Waals surface area contributed by atoms with Crippen LogP contribution in [0.1, 0.15) is 47.7 Å². The maximum Gasteiger partial charge on any atom is 0.257 e. The van der Waals surface area contributed by atoms with Gasteiger partial charge in [-0.1, -0.05) is 38.1 Å². The summed E-state index contributed by atoms with van der Waals surface area (Å²) in [7, 11) is 3.65. The molecule has 0 spiro atoms. The lowest BCUT2D eigenvalue weighted by atomic mass is 10.0. The second-order valence-corrected chi connectivity index (χ2v) is 8.33. The number of amides is 1. The molecule has 0 saturated heterocycles. The fourth-order valence-corrected chi connectivity index (χ4v) is 3.73. The van der Waals surface area contributed by atoms with Crippen molar-refractivity contribution in [1.82, 2.24) is 14.7 Å². The molecular weight excluding hydrogens is 390 g/mol. The molecule has 1 aromatic heterocycles. The highest BCUT2D eigenvalue weighted by Crippen LogP contribution is 2.35. The van der Waals surface area contributed by atoms with Gasteiger partial charge in [0.15, 0.2) is 11.5 Å². The molecule has 2 heterocycles. The van der Waals surface area contributed by atoms with Gasteiger partial charge in [-0.05, 0) is 35.2 Å². The Kier molecular flexibility index (Phi) is 5.98. The molecular formula is C25H29N3O3. The van der Waals surface area contributed by atoms with Gasteiger partial charge in [-0.25, -0.2) is 0 Å². The number of nitrogens with zero attached hydrogens (tertiary/aromatic N) is 3. The zero-order chi connectivity index (χ0) is 22.0. The smallest absolute Gasteiger partial charge is 0.257 e. The molecule has 0 unspecified atom stereocenters. The van der Waals surface area contributed by atoms with E-state index in [4.69, 9.17) is 9.47 Å². The van der Waals surface area contributed by atoms with Crippen LogP contribution < -0.4 is 9.47 Å². The van der Waals surface area contributed by atoms with Crippen molar-refractivity contribution in [1.29, 1.82) is 0 Å². The third-order valence-electron chi connectivity index (χ3n) is 5.49. The van der Waals surface area contributed by atoms with E-state index in [0.717, 1.165) is 23.3 Å². The highest BCUT2D eigenvalue weighted by molar-refractivity contribution is 5.99. The van der Waals surface area contributed by atoms with Crippen molar-refractivity contribution in [2.24, 2.45) is 7.05 Å². The van der Waals surface area contributed by atoms with E-state index in [1.165, 1.54) is 5.56 Å². The Labute approximate surface area is 183 Å². The van der Waals surface area contributed by atoms with Gasteiger partial charge >= 0.3 is 0 Å². The molecule has 0 bridgehead atoms. The SMILES string of the molecule is CC(C)c1ccc(CN(C)C(=O)c2cn(C)nc2-c2ccc3c(c2)OCCCO3)cc1. The van der Waals surface area contributed by atoms with E-state index in [-0.39, 0.29) is 5.91 Å². The van der Waals surface area contributed by atoms with Crippen LogP contribution in [-0.2, 0) is 13.6 Å². The topological polar surface area (TPSA) is 56.6 Å². The highest BCUT2D eigenvalue weighted by atomic mass is 16.5. The van der Waals surface area contributed by atoms with Crippen LogP contribution in [0.4, 0.5) is 0 Å². The molecule has 0 fully saturated rings. The van der Waals surface area contributed by atoms with Crippen LogP contribution in [0, 0.1) is 0 Å². The Balaban J connectivity index is 1.57. The Morgan fingerprint density at radius 1 is 1.10 bits per heavy atom. The number of fused-ring (bicyclic) bond motifs is 1. The third kappa shape index (κ3) is 4.58. The molecule has 2 aromatic carbocycles. The number of carbonyl (C=O) groups is 1. The molecule has 4 rings (SSSR count). The largest absolute Gasteiger partial charge is 0.490 e. The van der Waals surface area contributed by atoms with Crippen molar-refractivity contribution in [3.63, 3.8) is 0 Å². The van der Waals surface area contributed by atoms with Crippen LogP contribution in [0.3, 0.4) is 0 Å². The van der Waals surface area contributed by atoms with Gasteiger partial charge in [0.25, 0.3) is 5.91 Å². The second-order valence-electron chi connectivity index (χ2n) is 8.33. The zero-order valence-electron chi connectivity index (χ0n) is 18.6. The number of benzene rings is 2. The first-order chi connectivity index (χ1) is 14.9. The highest BCUT2D eigenvalue weighted by Gasteiger charge is 2.22. The summed E-state index contributed by atoms with van der Waals surface area (Å²) >= 11 is 0. The van der Waals surface area contributed by atoms with Crippen molar-refractivity contribution in [3.05, 3.63) is 65.4 Å². The van der Waals surface area contributed by atoms with Gasteiger partial charge in [-0.15, -0.1) is 0 Å². The molecule has 1 aliphatic heterocycles. The van der Waals surface area contributed by atoms with Crippen molar-refractivity contribution in [3.8, 4) is 22.8 Å². The fraction of sp³-hybridized carbons (Fsp3) is 0.360. The summed E-state index contributed by atoms with van der Waals surface area (Å²) < 4.78 is 13.2. The molecule has 162 valence electrons. The number of ether oxygens (including phenoxy) is 2. The van der Waals surface area contributed by atoms with Gasteiger partial charge in [0.1, 0.15) is 5.69 Å². The summed E-state index contributed by atoms with van der Waals surface area (Å²) in [6.07, 6.45) is 2.62. The standard InChI is InChI=1S/C25H29N3O3/c1-17(2)19-8-6-18(7-9-19)15-27(3)25(29)21-16-28(4)26-24(21)20-10-11-22-23(14-20)31-13-5-12-30-22/h6-11,14,16-17H,5,12-13,15H2,1-4H3. The van der Waals surface area contributed by atoms with Gasteiger partial charge in [0.05, 0.1) is 18.8 Å². The summed E-state index contributed by atoms with van der Waals surface area (Å²) in [5.41, 5.74) is 4.44. The van der Waals surface area contributed by atoms with Gasteiger partial charge in [0.2, 0.25) is 0 Å². The minimum Gasteiger partial charge on any atom is -0.490 e. The maximum absolute atomic E-state index is 13.3. The summed E-state index contributed by atoms with van der Waals surface area (Å²) in [6.45, 7) is 6.14. The first kappa shape index (κ1) is 21.0. The van der Waals surface area contributed by atoms with Gasteiger partial charge in [-0.3, -0.25) is 9.48 Å². The minimum atomic E-state index is -0.0665. The van der Waals surface area contributed by atoms with E-state index >= 15 is 0 Å². The fourth-order valence-electron chi connectivity index (χ4n) is 3.73. The molecule has 0 saturated carbocycles. The molecule has 0 atom stereocenters. The van der Waals surface area contributed by atoms with Gasteiger partial charge in [0, 0.05) is 38.8 Å². The molecule has 3 aromatic rings. The predicted molar refractivity (Wildman–Crippen MR) is 121 cm³/mol. The van der Waals surface area contributed by atoms with Crippen LogP contribution in [0.15, 0.2) is 48.7 Å². The predicted octanol–water partition coefficient (Wildman–Crippen LogP) is 4.64. The number of carbonyl (C=O) groups excluding carboxylic acids is 1. The summed E-state index contributed by atoms with van der Waals surface area (Å²) in [4.78, 5) is 15.0. The Bertz CT molecular complexity index is 1070. The van der Waals surface area contributed by atoms with E-state index in [2.05, 4.69) is 43.2 Å². The van der Waals surface area contributed by atoms with Crippen molar-refractivity contribution >= 4 is 5.91 Å². The molecule has 1 aliphatic rings. The average molecular weight is 420 g/mol. The third-order valence-corrected chi connectivity index (χ3v) is 5.49. The Hall–Kier alpha value is -3.28. The molecule has 6 nitrogen and oxygen atoms in total. The molecule has 0 N–H and O–H groups in total. The van der Waals surface area contributed by atoms with E-state index in [1.807, 2.05) is 32.3 Å². The monoisotopic (exact) mass is 419 g/mol. The first-order valence-electron chi connectivity index (χ1n) is 10.7. The lowest BCUT2D eigenvalue weighted by Crippen LogP contribution is -2.26. The lowest BCUT2D eigenvalue weighted by molar-refractivity contribution is 0.0785. The van der Waals surface area contributed by atoms with Crippen LogP contribution in [0.2, 0.25) is 0 Å². The van der Waals surface area contributed by atoms with Crippen molar-refractivity contribution < 1.29 is 14.3 Å². The van der Waals surface area contributed by atoms with Crippen LogP contribution in [0.25, 0.3) is 11.3 Å². The van der Waals surface area contributed by atoms with Gasteiger partial charge in [-0.2, -0.15) is 5.10 Å². The van der Waals surface area contributed by atoms with Crippen molar-refractivity contribution in [2.75, 3.05) is 20.3 Å². The lowest BCUT2D eigenvalue weighted by Gasteiger charge is -2.18.